The predicted molar refractivity (Wildman–Crippen MR) is 107 cm³/mol. The van der Waals surface area contributed by atoms with Crippen LogP contribution in [0.3, 0.4) is 0 Å². The molecule has 0 aliphatic heterocycles. The van der Waals surface area contributed by atoms with Gasteiger partial charge in [-0.1, -0.05) is 35.9 Å². The highest BCUT2D eigenvalue weighted by atomic mass is 35.5. The van der Waals surface area contributed by atoms with E-state index in [1.807, 2.05) is 6.07 Å². The van der Waals surface area contributed by atoms with E-state index in [0.29, 0.717) is 33.8 Å². The highest BCUT2D eigenvalue weighted by Gasteiger charge is 2.30. The van der Waals surface area contributed by atoms with Gasteiger partial charge in [0.2, 0.25) is 0 Å². The molecule has 1 aromatic heterocycles. The topological polar surface area (TPSA) is 86.5 Å². The maximum absolute atomic E-state index is 12.7. The second-order valence-electron chi connectivity index (χ2n) is 6.50. The summed E-state index contributed by atoms with van der Waals surface area (Å²) in [6.07, 6.45) is -3.79. The number of nitriles is 2. The maximum Gasteiger partial charge on any atom is 0.416 e. The average Bonchev–Trinajstić information content (AvgIpc) is 2.71. The quantitative estimate of drug-likeness (QED) is 0.594. The number of nitrogens with zero attached hydrogens (tertiary/aromatic N) is 3. The standard InChI is InChI=1S/C22H14ClF3N4/c23-16-3-1-2-14(10-16)20-17(11-27)19(30-21(29)18(20)12-28)9-6-13-4-7-15(8-5-13)22(24,25)26/h1-5,7-8,10H,6,9H2,(H2,29,30). The van der Waals surface area contributed by atoms with Crippen LogP contribution in [-0.2, 0) is 19.0 Å². The number of aromatic nitrogens is 1. The number of nitrogens with two attached hydrogens (primary N) is 1. The van der Waals surface area contributed by atoms with Crippen LogP contribution in [0.15, 0.2) is 48.5 Å². The molecule has 0 spiro atoms. The molecule has 2 N–H and O–H groups in total. The fourth-order valence-electron chi connectivity index (χ4n) is 3.12. The van der Waals surface area contributed by atoms with E-state index in [1.54, 1.807) is 24.3 Å². The first kappa shape index (κ1) is 21.2. The summed E-state index contributed by atoms with van der Waals surface area (Å²) in [5.74, 6) is -0.0195. The molecule has 4 nitrogen and oxygen atoms in total. The minimum atomic E-state index is -4.40. The monoisotopic (exact) mass is 426 g/mol. The number of alkyl halides is 3. The lowest BCUT2D eigenvalue weighted by atomic mass is 9.93. The van der Waals surface area contributed by atoms with E-state index in [9.17, 15) is 23.7 Å². The maximum atomic E-state index is 12.7. The summed E-state index contributed by atoms with van der Waals surface area (Å²) >= 11 is 6.06. The number of rotatable bonds is 4. The summed E-state index contributed by atoms with van der Waals surface area (Å²) < 4.78 is 38.2. The zero-order chi connectivity index (χ0) is 21.9. The van der Waals surface area contributed by atoms with Crippen molar-refractivity contribution in [3.63, 3.8) is 0 Å². The SMILES string of the molecule is N#Cc1c(N)nc(CCc2ccc(C(F)(F)F)cc2)c(C#N)c1-c1cccc(Cl)c1. The molecule has 30 heavy (non-hydrogen) atoms. The molecule has 3 aromatic rings. The largest absolute Gasteiger partial charge is 0.416 e. The fourth-order valence-corrected chi connectivity index (χ4v) is 3.32. The molecule has 0 unspecified atom stereocenters. The number of anilines is 1. The van der Waals surface area contributed by atoms with Gasteiger partial charge in [-0.25, -0.2) is 4.98 Å². The zero-order valence-electron chi connectivity index (χ0n) is 15.5. The van der Waals surface area contributed by atoms with Crippen LogP contribution >= 0.6 is 11.6 Å². The second kappa shape index (κ2) is 8.44. The molecule has 0 atom stereocenters. The summed E-state index contributed by atoms with van der Waals surface area (Å²) in [7, 11) is 0. The Bertz CT molecular complexity index is 1170. The average molecular weight is 427 g/mol. The van der Waals surface area contributed by atoms with Crippen molar-refractivity contribution in [3.05, 3.63) is 81.5 Å². The number of hydrogen-bond acceptors (Lipinski definition) is 4. The Kier molecular flexibility index (Phi) is 5.96. The van der Waals surface area contributed by atoms with Crippen LogP contribution in [-0.4, -0.2) is 4.98 Å². The van der Waals surface area contributed by atoms with Crippen molar-refractivity contribution in [3.8, 4) is 23.3 Å². The Morgan fingerprint density at radius 1 is 0.967 bits per heavy atom. The molecule has 8 heteroatoms. The van der Waals surface area contributed by atoms with Crippen molar-refractivity contribution in [2.24, 2.45) is 0 Å². The molecule has 0 fully saturated rings. The van der Waals surface area contributed by atoms with Crippen molar-refractivity contribution in [1.82, 2.24) is 4.98 Å². The number of aryl methyl sites for hydroxylation is 2. The predicted octanol–water partition coefficient (Wildman–Crippen LogP) is 5.53. The molecule has 0 saturated heterocycles. The first-order valence-corrected chi connectivity index (χ1v) is 9.17. The van der Waals surface area contributed by atoms with E-state index < -0.39 is 11.7 Å². The second-order valence-corrected chi connectivity index (χ2v) is 6.93. The summed E-state index contributed by atoms with van der Waals surface area (Å²) in [5.41, 5.74) is 7.42. The molecule has 0 saturated carbocycles. The molecule has 2 aromatic carbocycles. The number of nitrogen functional groups attached to an aromatic ring is 1. The van der Waals surface area contributed by atoms with Gasteiger partial charge in [0.25, 0.3) is 0 Å². The van der Waals surface area contributed by atoms with Gasteiger partial charge in [0, 0.05) is 10.6 Å². The molecule has 0 aliphatic carbocycles. The van der Waals surface area contributed by atoms with Gasteiger partial charge < -0.3 is 5.73 Å². The third kappa shape index (κ3) is 4.37. The Hall–Kier alpha value is -3.55. The van der Waals surface area contributed by atoms with Gasteiger partial charge in [-0.3, -0.25) is 0 Å². The van der Waals surface area contributed by atoms with Gasteiger partial charge >= 0.3 is 6.18 Å². The van der Waals surface area contributed by atoms with Gasteiger partial charge in [-0.05, 0) is 48.2 Å². The van der Waals surface area contributed by atoms with Gasteiger partial charge in [-0.15, -0.1) is 0 Å². The molecule has 1 heterocycles. The van der Waals surface area contributed by atoms with Gasteiger partial charge in [-0.2, -0.15) is 23.7 Å². The third-order valence-electron chi connectivity index (χ3n) is 4.57. The zero-order valence-corrected chi connectivity index (χ0v) is 16.2. The minimum absolute atomic E-state index is 0.0195. The molecule has 0 bridgehead atoms. The van der Waals surface area contributed by atoms with Crippen LogP contribution in [0.5, 0.6) is 0 Å². The van der Waals surface area contributed by atoms with Gasteiger partial charge in [0.05, 0.1) is 16.8 Å². The molecule has 150 valence electrons. The van der Waals surface area contributed by atoms with E-state index in [-0.39, 0.29) is 23.4 Å². The van der Waals surface area contributed by atoms with Crippen molar-refractivity contribution in [2.75, 3.05) is 5.73 Å². The normalized spacial score (nSPS) is 11.0. The van der Waals surface area contributed by atoms with Crippen molar-refractivity contribution < 1.29 is 13.2 Å². The van der Waals surface area contributed by atoms with Crippen LogP contribution in [0.25, 0.3) is 11.1 Å². The lowest BCUT2D eigenvalue weighted by molar-refractivity contribution is -0.137. The van der Waals surface area contributed by atoms with Crippen LogP contribution in [0.4, 0.5) is 19.0 Å². The molecule has 0 radical (unpaired) electrons. The first-order chi connectivity index (χ1) is 14.2. The van der Waals surface area contributed by atoms with Gasteiger partial charge in [0.15, 0.2) is 0 Å². The third-order valence-corrected chi connectivity index (χ3v) is 4.80. The van der Waals surface area contributed by atoms with Crippen LogP contribution in [0.2, 0.25) is 5.02 Å². The molecule has 3 rings (SSSR count). The smallest absolute Gasteiger partial charge is 0.383 e. The highest BCUT2D eigenvalue weighted by molar-refractivity contribution is 6.30. The van der Waals surface area contributed by atoms with E-state index in [0.717, 1.165) is 12.1 Å². The van der Waals surface area contributed by atoms with E-state index in [2.05, 4.69) is 11.1 Å². The Morgan fingerprint density at radius 3 is 2.20 bits per heavy atom. The van der Waals surface area contributed by atoms with Crippen LogP contribution in [0.1, 0.15) is 27.9 Å². The molecule has 0 amide bonds. The molecular formula is C22H14ClF3N4. The summed E-state index contributed by atoms with van der Waals surface area (Å²) in [6.45, 7) is 0. The van der Waals surface area contributed by atoms with Crippen LogP contribution in [0, 0.1) is 22.7 Å². The summed E-state index contributed by atoms with van der Waals surface area (Å²) in [4.78, 5) is 4.22. The van der Waals surface area contributed by atoms with Crippen molar-refractivity contribution in [2.45, 2.75) is 19.0 Å². The van der Waals surface area contributed by atoms with Crippen LogP contribution < -0.4 is 5.73 Å². The lowest BCUT2D eigenvalue weighted by Crippen LogP contribution is -2.08. The van der Waals surface area contributed by atoms with E-state index in [1.165, 1.54) is 12.1 Å². The molecule has 0 aliphatic rings. The highest BCUT2D eigenvalue weighted by Crippen LogP contribution is 2.34. The lowest BCUT2D eigenvalue weighted by Gasteiger charge is -2.14. The Balaban J connectivity index is 2.00. The van der Waals surface area contributed by atoms with E-state index in [4.69, 9.17) is 17.3 Å². The number of hydrogen-bond donors (Lipinski definition) is 1. The Labute approximate surface area is 176 Å². The number of benzene rings is 2. The van der Waals surface area contributed by atoms with Crippen molar-refractivity contribution in [1.29, 1.82) is 10.5 Å². The van der Waals surface area contributed by atoms with Gasteiger partial charge in [0.1, 0.15) is 23.5 Å². The Morgan fingerprint density at radius 2 is 1.63 bits per heavy atom. The summed E-state index contributed by atoms with van der Waals surface area (Å²) in [6, 6.07) is 15.6. The van der Waals surface area contributed by atoms with Crippen molar-refractivity contribution >= 4 is 17.4 Å². The first-order valence-electron chi connectivity index (χ1n) is 8.79. The number of pyridine rings is 1. The summed E-state index contributed by atoms with van der Waals surface area (Å²) in [5, 5.41) is 19.7. The number of halogens is 4. The minimum Gasteiger partial charge on any atom is -0.383 e. The fraction of sp³-hybridized carbons (Fsp3) is 0.136. The van der Waals surface area contributed by atoms with E-state index >= 15 is 0 Å². The molecular weight excluding hydrogens is 413 g/mol.